The van der Waals surface area contributed by atoms with Crippen molar-refractivity contribution in [2.45, 2.75) is 59.8 Å². The van der Waals surface area contributed by atoms with Crippen molar-refractivity contribution in [3.63, 3.8) is 0 Å². The third-order valence-electron chi connectivity index (χ3n) is 4.83. The van der Waals surface area contributed by atoms with E-state index in [1.807, 2.05) is 0 Å². The maximum atomic E-state index is 12.5. The van der Waals surface area contributed by atoms with E-state index in [1.165, 1.54) is 25.7 Å². The summed E-state index contributed by atoms with van der Waals surface area (Å²) >= 11 is 0. The molecular weight excluding hydrogens is 220 g/mol. The van der Waals surface area contributed by atoms with Crippen molar-refractivity contribution >= 4 is 5.78 Å². The molecule has 2 aliphatic carbocycles. The molecule has 0 bridgehead atoms. The van der Waals surface area contributed by atoms with E-state index >= 15 is 0 Å². The predicted molar refractivity (Wildman–Crippen MR) is 76.3 cm³/mol. The number of carbonyl (C=O) groups is 1. The van der Waals surface area contributed by atoms with Crippen LogP contribution in [0.3, 0.4) is 0 Å². The monoisotopic (exact) mass is 248 g/mol. The molecule has 0 aromatic heterocycles. The summed E-state index contributed by atoms with van der Waals surface area (Å²) in [5.41, 5.74) is 0.142. The normalized spacial score (nSPS) is 38.0. The molecule has 0 saturated heterocycles. The van der Waals surface area contributed by atoms with Gasteiger partial charge in [0.25, 0.3) is 0 Å². The van der Waals surface area contributed by atoms with Gasteiger partial charge in [-0.15, -0.1) is 0 Å². The van der Waals surface area contributed by atoms with Crippen molar-refractivity contribution in [3.05, 3.63) is 12.2 Å². The smallest absolute Gasteiger partial charge is 0.137 e. The fraction of sp³-hybridized carbons (Fsp3) is 0.824. The summed E-state index contributed by atoms with van der Waals surface area (Å²) in [6.07, 6.45) is 10.3. The van der Waals surface area contributed by atoms with Gasteiger partial charge in [0.15, 0.2) is 0 Å². The van der Waals surface area contributed by atoms with Crippen LogP contribution in [0.15, 0.2) is 12.2 Å². The zero-order chi connectivity index (χ0) is 13.3. The van der Waals surface area contributed by atoms with E-state index < -0.39 is 0 Å². The fourth-order valence-corrected chi connectivity index (χ4v) is 4.02. The number of ketones is 1. The van der Waals surface area contributed by atoms with E-state index in [1.54, 1.807) is 0 Å². The molecule has 0 amide bonds. The summed E-state index contributed by atoms with van der Waals surface area (Å²) in [4.78, 5) is 12.5. The van der Waals surface area contributed by atoms with Gasteiger partial charge in [0, 0.05) is 12.3 Å². The maximum absolute atomic E-state index is 12.5. The molecule has 0 radical (unpaired) electrons. The molecular formula is C17H28O. The highest BCUT2D eigenvalue weighted by Gasteiger charge is 2.50. The minimum absolute atomic E-state index is 0.142. The zero-order valence-corrected chi connectivity index (χ0v) is 12.4. The Hall–Kier alpha value is -0.590. The van der Waals surface area contributed by atoms with Crippen molar-refractivity contribution in [2.24, 2.45) is 29.1 Å². The van der Waals surface area contributed by atoms with Crippen LogP contribution >= 0.6 is 0 Å². The van der Waals surface area contributed by atoms with Crippen molar-refractivity contribution < 1.29 is 4.79 Å². The lowest BCUT2D eigenvalue weighted by Crippen LogP contribution is -2.50. The Morgan fingerprint density at radius 3 is 2.22 bits per heavy atom. The van der Waals surface area contributed by atoms with Crippen LogP contribution in [-0.4, -0.2) is 5.78 Å². The number of allylic oxidation sites excluding steroid dienone is 2. The topological polar surface area (TPSA) is 17.1 Å². The second-order valence-electron chi connectivity index (χ2n) is 7.54. The van der Waals surface area contributed by atoms with E-state index in [-0.39, 0.29) is 5.41 Å². The molecule has 18 heavy (non-hydrogen) atoms. The molecule has 1 fully saturated rings. The van der Waals surface area contributed by atoms with Crippen molar-refractivity contribution in [1.82, 2.24) is 0 Å². The van der Waals surface area contributed by atoms with Crippen LogP contribution in [0.1, 0.15) is 59.8 Å². The van der Waals surface area contributed by atoms with Crippen LogP contribution in [0.4, 0.5) is 0 Å². The predicted octanol–water partition coefficient (Wildman–Crippen LogP) is 4.62. The standard InChI is InChI=1S/C17H28O/c1-12-13-9-7-5-6-8-10-14(13)16(12)15(18)11-17(2,3)4/h5-6,12-14,16H,7-11H2,1-4H3/b6-5+. The number of carbonyl (C=O) groups excluding carboxylic acids is 1. The second kappa shape index (κ2) is 5.19. The van der Waals surface area contributed by atoms with Crippen molar-refractivity contribution in [1.29, 1.82) is 0 Å². The quantitative estimate of drug-likeness (QED) is 0.652. The lowest BCUT2D eigenvalue weighted by molar-refractivity contribution is -0.140. The maximum Gasteiger partial charge on any atom is 0.137 e. The van der Waals surface area contributed by atoms with Gasteiger partial charge in [-0.25, -0.2) is 0 Å². The Balaban J connectivity index is 2.01. The first kappa shape index (κ1) is 13.8. The molecule has 1 heteroatoms. The number of hydrogen-bond acceptors (Lipinski definition) is 1. The zero-order valence-electron chi connectivity index (χ0n) is 12.4. The Bertz CT molecular complexity index is 334. The van der Waals surface area contributed by atoms with Crippen LogP contribution in [0, 0.1) is 29.1 Å². The molecule has 0 aliphatic heterocycles. The van der Waals surface area contributed by atoms with Gasteiger partial charge in [-0.1, -0.05) is 39.8 Å². The minimum Gasteiger partial charge on any atom is -0.299 e. The number of fused-ring (bicyclic) bond motifs is 1. The summed E-state index contributed by atoms with van der Waals surface area (Å²) in [6.45, 7) is 8.82. The molecule has 0 aromatic carbocycles. The van der Waals surface area contributed by atoms with Crippen LogP contribution in [0.25, 0.3) is 0 Å². The summed E-state index contributed by atoms with van der Waals surface area (Å²) in [7, 11) is 0. The number of rotatable bonds is 2. The van der Waals surface area contributed by atoms with Gasteiger partial charge >= 0.3 is 0 Å². The summed E-state index contributed by atoms with van der Waals surface area (Å²) in [6, 6.07) is 0. The fourth-order valence-electron chi connectivity index (χ4n) is 4.02. The molecule has 0 heterocycles. The molecule has 4 unspecified atom stereocenters. The Morgan fingerprint density at radius 2 is 1.67 bits per heavy atom. The highest BCUT2D eigenvalue weighted by Crippen LogP contribution is 2.52. The van der Waals surface area contributed by atoms with Gasteiger partial charge in [-0.2, -0.15) is 0 Å². The van der Waals surface area contributed by atoms with Crippen LogP contribution in [0.5, 0.6) is 0 Å². The highest BCUT2D eigenvalue weighted by molar-refractivity contribution is 5.83. The molecule has 0 N–H and O–H groups in total. The third-order valence-corrected chi connectivity index (χ3v) is 4.83. The van der Waals surface area contributed by atoms with E-state index in [2.05, 4.69) is 39.8 Å². The van der Waals surface area contributed by atoms with Crippen LogP contribution < -0.4 is 0 Å². The van der Waals surface area contributed by atoms with E-state index in [0.29, 0.717) is 23.5 Å². The SMILES string of the molecule is CC1C2CC/C=C/CCC2C1C(=O)CC(C)(C)C. The first-order valence-electron chi connectivity index (χ1n) is 7.58. The first-order chi connectivity index (χ1) is 8.40. The largest absolute Gasteiger partial charge is 0.299 e. The molecule has 1 saturated carbocycles. The molecule has 2 aliphatic rings. The molecule has 102 valence electrons. The molecule has 4 atom stereocenters. The lowest BCUT2D eigenvalue weighted by atomic mass is 9.52. The molecule has 2 rings (SSSR count). The first-order valence-corrected chi connectivity index (χ1v) is 7.58. The van der Waals surface area contributed by atoms with Gasteiger partial charge < -0.3 is 0 Å². The van der Waals surface area contributed by atoms with Crippen LogP contribution in [-0.2, 0) is 4.79 Å². The van der Waals surface area contributed by atoms with Crippen molar-refractivity contribution in [3.8, 4) is 0 Å². The average molecular weight is 248 g/mol. The Kier molecular flexibility index (Phi) is 3.99. The summed E-state index contributed by atoms with van der Waals surface area (Å²) in [5.74, 6) is 3.00. The summed E-state index contributed by atoms with van der Waals surface area (Å²) < 4.78 is 0. The van der Waals surface area contributed by atoms with Gasteiger partial charge in [0.05, 0.1) is 0 Å². The second-order valence-corrected chi connectivity index (χ2v) is 7.54. The Morgan fingerprint density at radius 1 is 1.11 bits per heavy atom. The third kappa shape index (κ3) is 2.87. The number of hydrogen-bond donors (Lipinski definition) is 0. The van der Waals surface area contributed by atoms with Crippen molar-refractivity contribution in [2.75, 3.05) is 0 Å². The van der Waals surface area contributed by atoms with E-state index in [9.17, 15) is 4.79 Å². The number of Topliss-reactive ketones (excluding diaryl/α,β-unsaturated/α-hetero) is 1. The minimum atomic E-state index is 0.142. The Labute approximate surface area is 112 Å². The van der Waals surface area contributed by atoms with Gasteiger partial charge in [0.1, 0.15) is 5.78 Å². The van der Waals surface area contributed by atoms with E-state index in [0.717, 1.165) is 12.3 Å². The van der Waals surface area contributed by atoms with E-state index in [4.69, 9.17) is 0 Å². The molecule has 1 nitrogen and oxygen atoms in total. The average Bonchev–Trinajstić information content (AvgIpc) is 2.19. The molecule has 0 spiro atoms. The highest BCUT2D eigenvalue weighted by atomic mass is 16.1. The molecule has 0 aromatic rings. The van der Waals surface area contributed by atoms with Gasteiger partial charge in [-0.3, -0.25) is 4.79 Å². The summed E-state index contributed by atoms with van der Waals surface area (Å²) in [5, 5.41) is 0. The lowest BCUT2D eigenvalue weighted by Gasteiger charge is -2.51. The van der Waals surface area contributed by atoms with Gasteiger partial charge in [-0.05, 0) is 48.9 Å². The van der Waals surface area contributed by atoms with Crippen LogP contribution in [0.2, 0.25) is 0 Å². The van der Waals surface area contributed by atoms with Gasteiger partial charge in [0.2, 0.25) is 0 Å².